The quantitative estimate of drug-likeness (QED) is 0.410. The van der Waals surface area contributed by atoms with Crippen LogP contribution < -0.4 is 4.74 Å². The van der Waals surface area contributed by atoms with E-state index in [0.29, 0.717) is 12.5 Å². The van der Waals surface area contributed by atoms with Crippen molar-refractivity contribution >= 4 is 33.6 Å². The number of nitrogens with one attached hydrogen (secondary N) is 2. The second-order valence-electron chi connectivity index (χ2n) is 9.70. The molecule has 0 bridgehead atoms. The smallest absolute Gasteiger partial charge is 0.237 e. The first-order valence-corrected chi connectivity index (χ1v) is 12.4. The fourth-order valence-electron chi connectivity index (χ4n) is 5.84. The highest BCUT2D eigenvalue weighted by molar-refractivity contribution is 6.08. The summed E-state index contributed by atoms with van der Waals surface area (Å²) in [4.78, 5) is 36.5. The van der Waals surface area contributed by atoms with Crippen LogP contribution in [0.2, 0.25) is 0 Å². The summed E-state index contributed by atoms with van der Waals surface area (Å²) in [6.07, 6.45) is 6.42. The molecule has 2 aromatic heterocycles. The number of ether oxygens (including phenoxy) is 1. The molecule has 2 fully saturated rings. The van der Waals surface area contributed by atoms with Gasteiger partial charge in [0, 0.05) is 53.7 Å². The first-order valence-electron chi connectivity index (χ1n) is 12.4. The zero-order chi connectivity index (χ0) is 23.9. The summed E-state index contributed by atoms with van der Waals surface area (Å²) < 4.78 is 5.35. The first-order chi connectivity index (χ1) is 17.1. The van der Waals surface area contributed by atoms with Crippen LogP contribution in [-0.4, -0.2) is 64.9 Å². The Morgan fingerprint density at radius 3 is 2.46 bits per heavy atom. The van der Waals surface area contributed by atoms with Gasteiger partial charge < -0.3 is 19.6 Å². The van der Waals surface area contributed by atoms with E-state index in [4.69, 9.17) is 4.74 Å². The number of aromatic nitrogens is 2. The van der Waals surface area contributed by atoms with Crippen molar-refractivity contribution in [3.63, 3.8) is 0 Å². The van der Waals surface area contributed by atoms with E-state index in [1.54, 1.807) is 7.11 Å². The number of amides is 2. The second-order valence-corrected chi connectivity index (χ2v) is 9.70. The number of methoxy groups -OCH3 is 1. The van der Waals surface area contributed by atoms with Crippen molar-refractivity contribution < 1.29 is 14.3 Å². The molecule has 0 radical (unpaired) electrons. The van der Waals surface area contributed by atoms with Crippen LogP contribution in [0.15, 0.2) is 54.9 Å². The van der Waals surface area contributed by atoms with Crippen LogP contribution in [0.1, 0.15) is 42.2 Å². The molecule has 2 saturated heterocycles. The molecule has 2 amide bonds. The molecule has 2 aliphatic rings. The molecular formula is C28H30N4O3. The third kappa shape index (κ3) is 3.90. The molecule has 0 saturated carbocycles. The maximum atomic E-state index is 13.3. The molecule has 180 valence electrons. The maximum Gasteiger partial charge on any atom is 0.237 e. The van der Waals surface area contributed by atoms with Crippen LogP contribution >= 0.6 is 0 Å². The van der Waals surface area contributed by atoms with Gasteiger partial charge in [-0.1, -0.05) is 18.2 Å². The number of benzene rings is 2. The van der Waals surface area contributed by atoms with Crippen molar-refractivity contribution in [3.8, 4) is 5.75 Å². The lowest BCUT2D eigenvalue weighted by Gasteiger charge is -2.32. The largest absolute Gasteiger partial charge is 0.497 e. The lowest BCUT2D eigenvalue weighted by Crippen LogP contribution is -2.41. The van der Waals surface area contributed by atoms with E-state index < -0.39 is 5.92 Å². The van der Waals surface area contributed by atoms with Gasteiger partial charge in [0.25, 0.3) is 0 Å². The molecule has 7 heteroatoms. The van der Waals surface area contributed by atoms with Crippen LogP contribution in [0.3, 0.4) is 0 Å². The fourth-order valence-corrected chi connectivity index (χ4v) is 5.84. The van der Waals surface area contributed by atoms with Crippen molar-refractivity contribution in [2.45, 2.75) is 31.1 Å². The molecule has 0 spiro atoms. The zero-order valence-corrected chi connectivity index (χ0v) is 19.9. The molecule has 4 heterocycles. The molecule has 2 aliphatic heterocycles. The van der Waals surface area contributed by atoms with Crippen LogP contribution in [0, 0.1) is 0 Å². The fraction of sp³-hybridized carbons (Fsp3) is 0.357. The number of nitrogens with zero attached hydrogens (tertiary/aromatic N) is 2. The van der Waals surface area contributed by atoms with E-state index in [1.165, 1.54) is 21.4 Å². The predicted molar refractivity (Wildman–Crippen MR) is 136 cm³/mol. The summed E-state index contributed by atoms with van der Waals surface area (Å²) in [5, 5.41) is 2.26. The van der Waals surface area contributed by atoms with Gasteiger partial charge in [0.2, 0.25) is 11.8 Å². The van der Waals surface area contributed by atoms with E-state index in [-0.39, 0.29) is 18.2 Å². The minimum absolute atomic E-state index is 0.0778. The number of aromatic amines is 2. The number of para-hydroxylation sites is 1. The number of hydrogen-bond donors (Lipinski definition) is 2. The Bertz CT molecular complexity index is 1400. The molecule has 2 aromatic carbocycles. The molecule has 1 atom stereocenters. The number of fused-ring (bicyclic) bond motifs is 2. The predicted octanol–water partition coefficient (Wildman–Crippen LogP) is 4.38. The van der Waals surface area contributed by atoms with E-state index in [2.05, 4.69) is 45.3 Å². The van der Waals surface area contributed by atoms with Gasteiger partial charge in [0.1, 0.15) is 5.75 Å². The minimum atomic E-state index is -0.434. The van der Waals surface area contributed by atoms with Gasteiger partial charge in [-0.3, -0.25) is 14.5 Å². The average molecular weight is 471 g/mol. The second kappa shape index (κ2) is 8.89. The molecule has 7 nitrogen and oxygen atoms in total. The summed E-state index contributed by atoms with van der Waals surface area (Å²) in [6, 6.07) is 14.2. The highest BCUT2D eigenvalue weighted by atomic mass is 16.5. The molecule has 4 aromatic rings. The summed E-state index contributed by atoms with van der Waals surface area (Å²) in [5.74, 6) is 0.679. The number of likely N-dealkylation sites (tertiary alicyclic amines) is 2. The normalized spacial score (nSPS) is 19.9. The summed E-state index contributed by atoms with van der Waals surface area (Å²) in [5.41, 5.74) is 4.42. The topological polar surface area (TPSA) is 81.4 Å². The maximum absolute atomic E-state index is 13.3. The SMILES string of the molecule is COc1ccc2[nH]cc(C3CC(=O)N(CCN4CCC(c5c[nH]c6ccccc56)CC4)C3=O)c2c1. The number of piperidine rings is 1. The highest BCUT2D eigenvalue weighted by Crippen LogP contribution is 2.36. The van der Waals surface area contributed by atoms with Crippen molar-refractivity contribution in [1.29, 1.82) is 0 Å². The van der Waals surface area contributed by atoms with Crippen LogP contribution in [0.5, 0.6) is 5.75 Å². The van der Waals surface area contributed by atoms with E-state index in [9.17, 15) is 9.59 Å². The molecule has 6 rings (SSSR count). The highest BCUT2D eigenvalue weighted by Gasteiger charge is 2.40. The Balaban J connectivity index is 1.08. The number of imide groups is 1. The lowest BCUT2D eigenvalue weighted by molar-refractivity contribution is -0.138. The van der Waals surface area contributed by atoms with E-state index in [1.807, 2.05) is 24.4 Å². The van der Waals surface area contributed by atoms with Crippen molar-refractivity contribution in [2.75, 3.05) is 33.3 Å². The number of carbonyl (C=O) groups excluding carboxylic acids is 2. The Morgan fingerprint density at radius 2 is 1.66 bits per heavy atom. The first kappa shape index (κ1) is 21.9. The van der Waals surface area contributed by atoms with Crippen molar-refractivity contribution in [1.82, 2.24) is 19.8 Å². The molecule has 0 aliphatic carbocycles. The molecule has 1 unspecified atom stereocenters. The van der Waals surface area contributed by atoms with Gasteiger partial charge in [-0.05, 0) is 67.2 Å². The van der Waals surface area contributed by atoms with Crippen molar-refractivity contribution in [2.24, 2.45) is 0 Å². The minimum Gasteiger partial charge on any atom is -0.497 e. The Labute approximate surface area is 204 Å². The third-order valence-electron chi connectivity index (χ3n) is 7.83. The summed E-state index contributed by atoms with van der Waals surface area (Å²) in [6.45, 7) is 3.14. The number of hydrogen-bond acceptors (Lipinski definition) is 4. The zero-order valence-electron chi connectivity index (χ0n) is 19.9. The van der Waals surface area contributed by atoms with Gasteiger partial charge in [0.15, 0.2) is 0 Å². The summed E-state index contributed by atoms with van der Waals surface area (Å²) in [7, 11) is 1.63. The van der Waals surface area contributed by atoms with Gasteiger partial charge in [-0.2, -0.15) is 0 Å². The molecule has 2 N–H and O–H groups in total. The Hall–Kier alpha value is -3.58. The molecular weight excluding hydrogens is 440 g/mol. The number of carbonyl (C=O) groups is 2. The van der Waals surface area contributed by atoms with E-state index >= 15 is 0 Å². The Morgan fingerprint density at radius 1 is 0.914 bits per heavy atom. The number of rotatable bonds is 6. The summed E-state index contributed by atoms with van der Waals surface area (Å²) >= 11 is 0. The standard InChI is InChI=1S/C28H30N4O3/c1-35-19-6-7-26-21(14-19)24(17-30-26)22-15-27(33)32(28(22)34)13-12-31-10-8-18(9-11-31)23-16-29-25-5-3-2-4-20(23)25/h2-7,14,16-18,22,29-30H,8-13,15H2,1H3. The molecule has 35 heavy (non-hydrogen) atoms. The van der Waals surface area contributed by atoms with Crippen LogP contribution in [-0.2, 0) is 9.59 Å². The van der Waals surface area contributed by atoms with Crippen LogP contribution in [0.25, 0.3) is 21.8 Å². The van der Waals surface area contributed by atoms with Gasteiger partial charge in [0.05, 0.1) is 13.0 Å². The van der Waals surface area contributed by atoms with Gasteiger partial charge in [-0.15, -0.1) is 0 Å². The lowest BCUT2D eigenvalue weighted by atomic mass is 9.89. The van der Waals surface area contributed by atoms with Gasteiger partial charge >= 0.3 is 0 Å². The average Bonchev–Trinajstić information content (AvgIpc) is 3.58. The Kier molecular flexibility index (Phi) is 5.57. The monoisotopic (exact) mass is 470 g/mol. The van der Waals surface area contributed by atoms with E-state index in [0.717, 1.165) is 54.7 Å². The van der Waals surface area contributed by atoms with Gasteiger partial charge in [-0.25, -0.2) is 0 Å². The van der Waals surface area contributed by atoms with Crippen LogP contribution in [0.4, 0.5) is 0 Å². The number of H-pyrrole nitrogens is 2. The van der Waals surface area contributed by atoms with Crippen molar-refractivity contribution in [3.05, 3.63) is 66.0 Å². The third-order valence-corrected chi connectivity index (χ3v) is 7.83.